The predicted octanol–water partition coefficient (Wildman–Crippen LogP) is -0.487. The molecule has 0 unspecified atom stereocenters. The molecule has 0 fully saturated rings. The molecule has 0 aliphatic heterocycles. The minimum Gasteiger partial charge on any atom is -0.542 e. The molecule has 7 heteroatoms. The zero-order chi connectivity index (χ0) is 12.1. The first-order valence-corrected chi connectivity index (χ1v) is 3.79. The number of nitrogens with zero attached hydrogens (tertiary/aromatic N) is 2. The van der Waals surface area contributed by atoms with E-state index in [0.29, 0.717) is 0 Å². The van der Waals surface area contributed by atoms with Gasteiger partial charge in [0.1, 0.15) is 13.0 Å². The first kappa shape index (κ1) is 13.3. The Bertz CT molecular complexity index is 318. The monoisotopic (exact) mass is 222 g/mol. The van der Waals surface area contributed by atoms with Crippen LogP contribution in [0.4, 0.5) is 13.2 Å². The van der Waals surface area contributed by atoms with E-state index in [9.17, 15) is 13.2 Å². The second-order valence-corrected chi connectivity index (χ2v) is 2.61. The molecule has 0 spiro atoms. The molecule has 1 rings (SSSR count). The number of aliphatic carboxylic acids is 1. The molecule has 0 amide bonds. The number of carbonyl (C=O) groups is 1. The van der Waals surface area contributed by atoms with Crippen molar-refractivity contribution >= 4 is 5.97 Å². The van der Waals surface area contributed by atoms with Crippen LogP contribution in [0.1, 0.15) is 5.69 Å². The smallest absolute Gasteiger partial charge is 0.430 e. The minimum absolute atomic E-state index is 1.17. The summed E-state index contributed by atoms with van der Waals surface area (Å²) in [6.45, 7) is 2.02. The molecule has 0 radical (unpaired) electrons. The molecule has 1 aromatic rings. The van der Waals surface area contributed by atoms with Crippen molar-refractivity contribution in [3.63, 3.8) is 0 Å². The van der Waals surface area contributed by atoms with Crippen LogP contribution in [0.15, 0.2) is 18.6 Å². The van der Waals surface area contributed by atoms with E-state index in [2.05, 4.69) is 4.98 Å². The van der Waals surface area contributed by atoms with Gasteiger partial charge in [0.2, 0.25) is 0 Å². The fourth-order valence-corrected chi connectivity index (χ4v) is 0.498. The summed E-state index contributed by atoms with van der Waals surface area (Å²) in [6, 6.07) is 0. The molecule has 0 N–H and O–H groups in total. The number of hydrogen-bond donors (Lipinski definition) is 0. The van der Waals surface area contributed by atoms with Crippen molar-refractivity contribution < 1.29 is 27.6 Å². The summed E-state index contributed by atoms with van der Waals surface area (Å²) in [4.78, 5) is 12.7. The lowest BCUT2D eigenvalue weighted by Gasteiger charge is -2.03. The third-order valence-corrected chi connectivity index (χ3v) is 1.43. The second kappa shape index (κ2) is 5.28. The lowest BCUT2D eigenvalue weighted by atomic mass is 10.5. The molecule has 0 aliphatic carbocycles. The van der Waals surface area contributed by atoms with Gasteiger partial charge in [-0.3, -0.25) is 4.98 Å². The Hall–Kier alpha value is -1.66. The molecular weight excluding hydrogens is 213 g/mol. The number of carboxylic acids is 1. The van der Waals surface area contributed by atoms with Crippen molar-refractivity contribution in [3.05, 3.63) is 24.3 Å². The van der Waals surface area contributed by atoms with Crippen LogP contribution in [0.5, 0.6) is 0 Å². The zero-order valence-corrected chi connectivity index (χ0v) is 8.08. The molecule has 0 aliphatic rings. The second-order valence-electron chi connectivity index (χ2n) is 2.61. The van der Waals surface area contributed by atoms with Gasteiger partial charge in [-0.1, -0.05) is 0 Å². The number of alkyl halides is 3. The summed E-state index contributed by atoms with van der Waals surface area (Å²) in [6.07, 6.45) is 0.336. The Balaban J connectivity index is 0.000000265. The van der Waals surface area contributed by atoms with Gasteiger partial charge in [0.15, 0.2) is 11.9 Å². The third-order valence-electron chi connectivity index (χ3n) is 1.43. The van der Waals surface area contributed by atoms with Crippen molar-refractivity contribution in [1.29, 1.82) is 0 Å². The average Bonchev–Trinajstić information content (AvgIpc) is 2.09. The maximum Gasteiger partial charge on any atom is 0.430 e. The van der Waals surface area contributed by atoms with Crippen molar-refractivity contribution in [1.82, 2.24) is 4.98 Å². The van der Waals surface area contributed by atoms with E-state index < -0.39 is 12.1 Å². The van der Waals surface area contributed by atoms with Crippen molar-refractivity contribution in [2.45, 2.75) is 13.1 Å². The number of carboxylic acid groups (broad SMARTS) is 1. The molecule has 0 saturated carbocycles. The van der Waals surface area contributed by atoms with Gasteiger partial charge in [-0.15, -0.1) is 0 Å². The van der Waals surface area contributed by atoms with Gasteiger partial charge in [0.05, 0.1) is 12.4 Å². The lowest BCUT2D eigenvalue weighted by Crippen LogP contribution is -2.37. The van der Waals surface area contributed by atoms with Gasteiger partial charge in [0.25, 0.3) is 0 Å². The molecule has 84 valence electrons. The molecule has 1 aromatic heterocycles. The number of rotatable bonds is 0. The zero-order valence-electron chi connectivity index (χ0n) is 8.08. The highest BCUT2D eigenvalue weighted by molar-refractivity contribution is 5.70. The Labute approximate surface area is 84.0 Å². The summed E-state index contributed by atoms with van der Waals surface area (Å²) >= 11 is 0. The fourth-order valence-electron chi connectivity index (χ4n) is 0.498. The largest absolute Gasteiger partial charge is 0.542 e. The molecule has 15 heavy (non-hydrogen) atoms. The van der Waals surface area contributed by atoms with Gasteiger partial charge in [-0.25, -0.2) is 4.57 Å². The van der Waals surface area contributed by atoms with Crippen molar-refractivity contribution in [2.24, 2.45) is 7.05 Å². The Morgan fingerprint density at radius 1 is 1.53 bits per heavy atom. The van der Waals surface area contributed by atoms with Crippen molar-refractivity contribution in [3.8, 4) is 0 Å². The van der Waals surface area contributed by atoms with Gasteiger partial charge in [0, 0.05) is 6.92 Å². The first-order valence-electron chi connectivity index (χ1n) is 3.79. The molecule has 0 saturated heterocycles. The SMILES string of the molecule is Cc1cncc[n+]1C.O=C([O-])C(F)(F)F. The topological polar surface area (TPSA) is 56.9 Å². The summed E-state index contributed by atoms with van der Waals surface area (Å²) in [7, 11) is 2.00. The van der Waals surface area contributed by atoms with Crippen molar-refractivity contribution in [2.75, 3.05) is 0 Å². The predicted molar refractivity (Wildman–Crippen MR) is 41.2 cm³/mol. The van der Waals surface area contributed by atoms with Gasteiger partial charge >= 0.3 is 6.18 Å². The highest BCUT2D eigenvalue weighted by atomic mass is 19.4. The summed E-state index contributed by atoms with van der Waals surface area (Å²) in [5, 5.41) is 8.78. The molecular formula is C8H9F3N2O2. The van der Waals surface area contributed by atoms with E-state index in [-0.39, 0.29) is 0 Å². The third kappa shape index (κ3) is 5.61. The van der Waals surface area contributed by atoms with E-state index in [4.69, 9.17) is 9.90 Å². The van der Waals surface area contributed by atoms with E-state index in [1.54, 1.807) is 6.20 Å². The molecule has 0 bridgehead atoms. The summed E-state index contributed by atoms with van der Waals surface area (Å²) < 4.78 is 33.6. The Morgan fingerprint density at radius 2 is 2.00 bits per heavy atom. The molecule has 4 nitrogen and oxygen atoms in total. The van der Waals surface area contributed by atoms with Gasteiger partial charge in [-0.2, -0.15) is 13.2 Å². The minimum atomic E-state index is -5.19. The number of carbonyl (C=O) groups excluding carboxylic acids is 1. The van der Waals surface area contributed by atoms with Gasteiger partial charge in [-0.05, 0) is 0 Å². The van der Waals surface area contributed by atoms with Crippen LogP contribution in [0.3, 0.4) is 0 Å². The number of aryl methyl sites for hydroxylation is 2. The van der Waals surface area contributed by atoms with Crippen LogP contribution in [-0.2, 0) is 11.8 Å². The molecule has 1 heterocycles. The highest BCUT2D eigenvalue weighted by Crippen LogP contribution is 2.11. The average molecular weight is 222 g/mol. The van der Waals surface area contributed by atoms with E-state index >= 15 is 0 Å². The summed E-state index contributed by atoms with van der Waals surface area (Å²) in [5.74, 6) is -3.01. The maximum absolute atomic E-state index is 10.5. The van der Waals surface area contributed by atoms with E-state index in [1.807, 2.05) is 30.9 Å². The standard InChI is InChI=1S/C6H9N2.C2HF3O2/c1-6-5-7-3-4-8(6)2;3-2(4,5)1(6)7/h3-5H,1-2H3;(H,6,7)/q+1;/p-1. The van der Waals surface area contributed by atoms with Crippen LogP contribution in [-0.4, -0.2) is 17.1 Å². The van der Waals surface area contributed by atoms with Crippen LogP contribution >= 0.6 is 0 Å². The van der Waals surface area contributed by atoms with Crippen LogP contribution < -0.4 is 9.67 Å². The highest BCUT2D eigenvalue weighted by Gasteiger charge is 2.28. The van der Waals surface area contributed by atoms with Crippen LogP contribution in [0, 0.1) is 6.92 Å². The van der Waals surface area contributed by atoms with Crippen LogP contribution in [0.25, 0.3) is 0 Å². The van der Waals surface area contributed by atoms with E-state index in [0.717, 1.165) is 0 Å². The number of hydrogen-bond acceptors (Lipinski definition) is 3. The lowest BCUT2D eigenvalue weighted by molar-refractivity contribution is -0.678. The van der Waals surface area contributed by atoms with E-state index in [1.165, 1.54) is 5.69 Å². The first-order chi connectivity index (χ1) is 6.75. The number of halogens is 3. The quantitative estimate of drug-likeness (QED) is 0.557. The Morgan fingerprint density at radius 3 is 2.20 bits per heavy atom. The number of aromatic nitrogens is 2. The van der Waals surface area contributed by atoms with Crippen LogP contribution in [0.2, 0.25) is 0 Å². The molecule has 0 atom stereocenters. The maximum atomic E-state index is 10.5. The normalized spacial score (nSPS) is 10.2. The Kier molecular flexibility index (Phi) is 4.69. The fraction of sp³-hybridized carbons (Fsp3) is 0.375. The summed E-state index contributed by atoms with van der Waals surface area (Å²) in [5.41, 5.74) is 1.17. The van der Waals surface area contributed by atoms with Gasteiger partial charge < -0.3 is 9.90 Å². The molecule has 0 aromatic carbocycles.